The molecule has 0 N–H and O–H groups in total. The summed E-state index contributed by atoms with van der Waals surface area (Å²) in [6.45, 7) is 2.12. The highest BCUT2D eigenvalue weighted by molar-refractivity contribution is 5.91. The highest BCUT2D eigenvalue weighted by Gasteiger charge is 2.26. The number of nitrogens with zero attached hydrogens (tertiary/aromatic N) is 3. The number of carbonyl (C=O) groups is 2. The van der Waals surface area contributed by atoms with E-state index in [9.17, 15) is 9.59 Å². The molecule has 1 aliphatic rings. The molecule has 0 atom stereocenters. The number of piperazine rings is 1. The summed E-state index contributed by atoms with van der Waals surface area (Å²) < 4.78 is 5.12. The Morgan fingerprint density at radius 2 is 1.82 bits per heavy atom. The van der Waals surface area contributed by atoms with E-state index in [1.165, 1.54) is 6.26 Å². The molecule has 3 heterocycles. The SMILES string of the molecule is O=C(Cc1ccccn1)N1CCN(C(=O)c2ccco2)CC1. The summed E-state index contributed by atoms with van der Waals surface area (Å²) in [6, 6.07) is 8.89. The van der Waals surface area contributed by atoms with Crippen molar-refractivity contribution in [2.45, 2.75) is 6.42 Å². The van der Waals surface area contributed by atoms with Crippen molar-refractivity contribution in [3.8, 4) is 0 Å². The van der Waals surface area contributed by atoms with E-state index in [1.807, 2.05) is 18.2 Å². The molecule has 114 valence electrons. The molecule has 0 unspecified atom stereocenters. The Balaban J connectivity index is 1.53. The first-order valence-corrected chi connectivity index (χ1v) is 7.24. The van der Waals surface area contributed by atoms with Crippen molar-refractivity contribution in [2.24, 2.45) is 0 Å². The minimum atomic E-state index is -0.123. The normalized spacial score (nSPS) is 14.9. The number of rotatable bonds is 3. The van der Waals surface area contributed by atoms with E-state index in [0.29, 0.717) is 38.4 Å². The minimum absolute atomic E-state index is 0.0452. The largest absolute Gasteiger partial charge is 0.459 e. The average molecular weight is 299 g/mol. The van der Waals surface area contributed by atoms with Gasteiger partial charge in [0.15, 0.2) is 5.76 Å². The van der Waals surface area contributed by atoms with Crippen LogP contribution in [0, 0.1) is 0 Å². The maximum atomic E-state index is 12.2. The van der Waals surface area contributed by atoms with Gasteiger partial charge >= 0.3 is 0 Å². The lowest BCUT2D eigenvalue weighted by Crippen LogP contribution is -2.51. The van der Waals surface area contributed by atoms with Gasteiger partial charge in [-0.2, -0.15) is 0 Å². The van der Waals surface area contributed by atoms with Gasteiger partial charge in [0, 0.05) is 38.1 Å². The maximum Gasteiger partial charge on any atom is 0.289 e. The van der Waals surface area contributed by atoms with E-state index in [1.54, 1.807) is 28.1 Å². The first-order chi connectivity index (χ1) is 10.7. The van der Waals surface area contributed by atoms with Crippen molar-refractivity contribution in [3.05, 3.63) is 54.2 Å². The van der Waals surface area contributed by atoms with Crippen molar-refractivity contribution in [1.29, 1.82) is 0 Å². The van der Waals surface area contributed by atoms with Gasteiger partial charge in [0.05, 0.1) is 12.7 Å². The Bertz CT molecular complexity index is 632. The zero-order valence-electron chi connectivity index (χ0n) is 12.1. The number of amides is 2. The lowest BCUT2D eigenvalue weighted by molar-refractivity contribution is -0.132. The highest BCUT2D eigenvalue weighted by Crippen LogP contribution is 2.10. The van der Waals surface area contributed by atoms with Crippen molar-refractivity contribution in [1.82, 2.24) is 14.8 Å². The van der Waals surface area contributed by atoms with Crippen molar-refractivity contribution < 1.29 is 14.0 Å². The van der Waals surface area contributed by atoms with E-state index in [-0.39, 0.29) is 11.8 Å². The summed E-state index contributed by atoms with van der Waals surface area (Å²) in [7, 11) is 0. The van der Waals surface area contributed by atoms with Crippen molar-refractivity contribution in [2.75, 3.05) is 26.2 Å². The Labute approximate surface area is 128 Å². The van der Waals surface area contributed by atoms with Crippen LogP contribution in [0.4, 0.5) is 0 Å². The van der Waals surface area contributed by atoms with Crippen LogP contribution in [0.5, 0.6) is 0 Å². The zero-order chi connectivity index (χ0) is 15.4. The standard InChI is InChI=1S/C16H17N3O3/c20-15(12-13-4-1-2-6-17-13)18-7-9-19(10-8-18)16(21)14-5-3-11-22-14/h1-6,11H,7-10,12H2. The van der Waals surface area contributed by atoms with Gasteiger partial charge in [0.1, 0.15) is 0 Å². The van der Waals surface area contributed by atoms with Crippen LogP contribution >= 0.6 is 0 Å². The minimum Gasteiger partial charge on any atom is -0.459 e. The molecule has 0 bridgehead atoms. The molecule has 3 rings (SSSR count). The summed E-state index contributed by atoms with van der Waals surface area (Å²) in [5, 5.41) is 0. The summed E-state index contributed by atoms with van der Waals surface area (Å²) >= 11 is 0. The van der Waals surface area contributed by atoms with Gasteiger partial charge in [-0.05, 0) is 24.3 Å². The molecular formula is C16H17N3O3. The quantitative estimate of drug-likeness (QED) is 0.854. The van der Waals surface area contributed by atoms with Crippen LogP contribution < -0.4 is 0 Å². The van der Waals surface area contributed by atoms with Gasteiger partial charge in [0.25, 0.3) is 5.91 Å². The molecule has 1 aliphatic heterocycles. The lowest BCUT2D eigenvalue weighted by atomic mass is 10.2. The molecule has 0 saturated carbocycles. The van der Waals surface area contributed by atoms with Crippen molar-refractivity contribution in [3.63, 3.8) is 0 Å². The van der Waals surface area contributed by atoms with Gasteiger partial charge in [-0.25, -0.2) is 0 Å². The van der Waals surface area contributed by atoms with Crippen LogP contribution in [0.1, 0.15) is 16.2 Å². The molecule has 0 radical (unpaired) electrons. The van der Waals surface area contributed by atoms with Crippen LogP contribution in [0.25, 0.3) is 0 Å². The van der Waals surface area contributed by atoms with Crippen LogP contribution in [0.3, 0.4) is 0 Å². The van der Waals surface area contributed by atoms with Crippen LogP contribution in [-0.4, -0.2) is 52.8 Å². The molecule has 6 heteroatoms. The van der Waals surface area contributed by atoms with Gasteiger partial charge in [-0.3, -0.25) is 14.6 Å². The number of pyridine rings is 1. The predicted molar refractivity (Wildman–Crippen MR) is 79.1 cm³/mol. The zero-order valence-corrected chi connectivity index (χ0v) is 12.1. The van der Waals surface area contributed by atoms with Gasteiger partial charge in [0.2, 0.25) is 5.91 Å². The lowest BCUT2D eigenvalue weighted by Gasteiger charge is -2.34. The monoisotopic (exact) mass is 299 g/mol. The van der Waals surface area contributed by atoms with Crippen molar-refractivity contribution >= 4 is 11.8 Å². The number of aromatic nitrogens is 1. The van der Waals surface area contributed by atoms with Crippen LogP contribution in [-0.2, 0) is 11.2 Å². The van der Waals surface area contributed by atoms with E-state index in [4.69, 9.17) is 4.42 Å². The Kier molecular flexibility index (Phi) is 4.18. The summed E-state index contributed by atoms with van der Waals surface area (Å²) in [5.41, 5.74) is 0.765. The molecule has 2 amide bonds. The topological polar surface area (TPSA) is 66.7 Å². The fraction of sp³-hybridized carbons (Fsp3) is 0.312. The maximum absolute atomic E-state index is 12.2. The van der Waals surface area contributed by atoms with E-state index >= 15 is 0 Å². The Hall–Kier alpha value is -2.63. The first-order valence-electron chi connectivity index (χ1n) is 7.24. The van der Waals surface area contributed by atoms with Crippen LogP contribution in [0.15, 0.2) is 47.2 Å². The summed E-state index contributed by atoms with van der Waals surface area (Å²) in [6.07, 6.45) is 3.47. The molecule has 22 heavy (non-hydrogen) atoms. The smallest absolute Gasteiger partial charge is 0.289 e. The predicted octanol–water partition coefficient (Wildman–Crippen LogP) is 1.20. The number of carbonyl (C=O) groups excluding carboxylic acids is 2. The second-order valence-electron chi connectivity index (χ2n) is 5.15. The van der Waals surface area contributed by atoms with Gasteiger partial charge < -0.3 is 14.2 Å². The molecule has 2 aromatic heterocycles. The molecular weight excluding hydrogens is 282 g/mol. The highest BCUT2D eigenvalue weighted by atomic mass is 16.3. The van der Waals surface area contributed by atoms with Gasteiger partial charge in [-0.15, -0.1) is 0 Å². The molecule has 2 aromatic rings. The Morgan fingerprint density at radius 3 is 2.45 bits per heavy atom. The molecule has 6 nitrogen and oxygen atoms in total. The molecule has 1 saturated heterocycles. The third kappa shape index (κ3) is 3.16. The second kappa shape index (κ2) is 6.43. The van der Waals surface area contributed by atoms with Gasteiger partial charge in [-0.1, -0.05) is 6.07 Å². The summed E-state index contributed by atoms with van der Waals surface area (Å²) in [5.74, 6) is 0.263. The second-order valence-corrected chi connectivity index (χ2v) is 5.15. The molecule has 0 spiro atoms. The average Bonchev–Trinajstić information content (AvgIpc) is 3.10. The number of furan rings is 1. The first kappa shape index (κ1) is 14.3. The fourth-order valence-electron chi connectivity index (χ4n) is 2.48. The Morgan fingerprint density at radius 1 is 1.05 bits per heavy atom. The van der Waals surface area contributed by atoms with E-state index in [2.05, 4.69) is 4.98 Å². The van der Waals surface area contributed by atoms with E-state index < -0.39 is 0 Å². The third-order valence-corrected chi connectivity index (χ3v) is 3.71. The number of hydrogen-bond donors (Lipinski definition) is 0. The third-order valence-electron chi connectivity index (χ3n) is 3.71. The molecule has 0 aromatic carbocycles. The summed E-state index contributed by atoms with van der Waals surface area (Å²) in [4.78, 5) is 32.0. The molecule has 1 fully saturated rings. The van der Waals surface area contributed by atoms with Crippen LogP contribution in [0.2, 0.25) is 0 Å². The fourth-order valence-corrected chi connectivity index (χ4v) is 2.48. The number of hydrogen-bond acceptors (Lipinski definition) is 4. The molecule has 0 aliphatic carbocycles. The van der Waals surface area contributed by atoms with E-state index in [0.717, 1.165) is 5.69 Å².